The summed E-state index contributed by atoms with van der Waals surface area (Å²) in [4.78, 5) is 30.3. The van der Waals surface area contributed by atoms with Crippen LogP contribution in [0.1, 0.15) is 64.1 Å². The molecule has 6 aromatic rings. The number of aromatic nitrogens is 5. The van der Waals surface area contributed by atoms with E-state index in [1.54, 1.807) is 19.2 Å². The lowest BCUT2D eigenvalue weighted by Crippen LogP contribution is -2.02. The molecule has 0 aliphatic carbocycles. The normalized spacial score (nSPS) is 9.47. The minimum atomic E-state index is -1.11. The van der Waals surface area contributed by atoms with Crippen LogP contribution in [-0.2, 0) is 6.54 Å². The number of methoxy groups -OCH3 is 1. The molecule has 0 unspecified atom stereocenters. The van der Waals surface area contributed by atoms with Gasteiger partial charge in [0.15, 0.2) is 0 Å². The van der Waals surface area contributed by atoms with Crippen LogP contribution in [-0.4, -0.2) is 51.5 Å². The van der Waals surface area contributed by atoms with E-state index in [1.807, 2.05) is 96.1 Å². The molecule has 5 heterocycles. The average molecular weight is 890 g/mol. The number of anilines is 2. The highest BCUT2D eigenvalue weighted by Crippen LogP contribution is 2.17. The molecule has 0 saturated heterocycles. The van der Waals surface area contributed by atoms with Gasteiger partial charge in [-0.2, -0.15) is 0 Å². The zero-order valence-corrected chi connectivity index (χ0v) is 36.6. The third kappa shape index (κ3) is 19.7. The summed E-state index contributed by atoms with van der Waals surface area (Å²) in [5.41, 5.74) is 14.2. The Morgan fingerprint density at radius 1 is 0.621 bits per heavy atom. The van der Waals surface area contributed by atoms with E-state index in [0.29, 0.717) is 21.3 Å². The number of aromatic carboxylic acids is 1. The molecule has 0 bridgehead atoms. The predicted molar refractivity (Wildman–Crippen MR) is 246 cm³/mol. The highest BCUT2D eigenvalue weighted by Gasteiger charge is 2.09. The number of benzene rings is 1. The summed E-state index contributed by atoms with van der Waals surface area (Å²) in [5, 5.41) is 13.4. The number of rotatable bonds is 5. The average Bonchev–Trinajstić information content (AvgIpc) is 3.15. The molecular formula is C42H50BCl5N7O3. The molecule has 309 valence electrons. The zero-order valence-electron chi connectivity index (χ0n) is 32.8. The number of ether oxygens (including phenoxy) is 1. The Hall–Kier alpha value is -4.65. The Bertz CT molecular complexity index is 2090. The van der Waals surface area contributed by atoms with Crippen molar-refractivity contribution >= 4 is 84.0 Å². The maximum Gasteiger partial charge on any atom is 0.338 e. The molecule has 0 aliphatic rings. The van der Waals surface area contributed by atoms with Crippen molar-refractivity contribution in [1.29, 1.82) is 0 Å². The number of aryl methyl sites for hydroxylation is 7. The van der Waals surface area contributed by atoms with Crippen molar-refractivity contribution in [1.82, 2.24) is 24.9 Å². The van der Waals surface area contributed by atoms with Gasteiger partial charge in [0.2, 0.25) is 0 Å². The summed E-state index contributed by atoms with van der Waals surface area (Å²) < 4.78 is 5.13. The van der Waals surface area contributed by atoms with Crippen molar-refractivity contribution in [3.05, 3.63) is 161 Å². The fraction of sp³-hybridized carbons (Fsp3) is 0.238. The Morgan fingerprint density at radius 2 is 1.07 bits per heavy atom. The molecule has 0 fully saturated rings. The zero-order chi connectivity index (χ0) is 41.9. The SMILES string of the molecule is C.COc1ccc(CNc2ccc(C)c(C)n2)cc1.Cc1ccc(Cl)nc1C.Cc1ccc(Cl)nc1Cl.Cc1ccc(N)nc1C.O=C(O)c1ccc(Cl)nc1Cl.[2HH].[B]. The van der Waals surface area contributed by atoms with E-state index in [-0.39, 0.29) is 33.1 Å². The molecule has 0 amide bonds. The standard InChI is InChI=1S/C15H18N2O.C7H8ClN.C7H10N2.C6H3Cl2NO2.C6H5Cl2N.CH4.B.H2/c1-11-4-9-15(17-12(11)2)16-10-13-5-7-14(18-3)8-6-13;2*1-5-3-4-7(8)9-6(5)2;7-4-2-1-3(6(10)11)5(8)9-4;1-4-2-3-5(7)9-6(4)8;;;/h4-9H,10H2,1-3H3,(H,16,17);3-4H,1-2H3;3-4H,1-2H3,(H2,8,9);1-2H,(H,10,11);2-3H,1H3;1H4;;1H/i;;;;;;;1+1. The second-order valence-corrected chi connectivity index (χ2v) is 13.9. The Morgan fingerprint density at radius 3 is 1.48 bits per heavy atom. The fourth-order valence-corrected chi connectivity index (χ4v) is 4.93. The first-order valence-electron chi connectivity index (χ1n) is 16.8. The molecule has 3 radical (unpaired) electrons. The third-order valence-electron chi connectivity index (χ3n) is 7.72. The van der Waals surface area contributed by atoms with Crippen LogP contribution < -0.4 is 15.8 Å². The van der Waals surface area contributed by atoms with Crippen molar-refractivity contribution in [3.8, 4) is 5.75 Å². The van der Waals surface area contributed by atoms with Crippen LogP contribution in [0.5, 0.6) is 5.75 Å². The van der Waals surface area contributed by atoms with Crippen molar-refractivity contribution in [2.24, 2.45) is 0 Å². The number of hydrogen-bond acceptors (Lipinski definition) is 9. The van der Waals surface area contributed by atoms with Gasteiger partial charge >= 0.3 is 5.97 Å². The van der Waals surface area contributed by atoms with Gasteiger partial charge in [-0.1, -0.05) is 102 Å². The molecule has 0 aliphatic heterocycles. The van der Waals surface area contributed by atoms with Crippen LogP contribution in [0.25, 0.3) is 0 Å². The van der Waals surface area contributed by atoms with E-state index < -0.39 is 5.97 Å². The lowest BCUT2D eigenvalue weighted by atomic mass is 10.2. The number of nitrogens with two attached hydrogens (primary N) is 1. The summed E-state index contributed by atoms with van der Waals surface area (Å²) in [6.07, 6.45) is 0. The second-order valence-electron chi connectivity index (χ2n) is 12.0. The van der Waals surface area contributed by atoms with Gasteiger partial charge in [0.1, 0.15) is 43.2 Å². The summed E-state index contributed by atoms with van der Waals surface area (Å²) in [6, 6.07) is 25.9. The number of halogens is 5. The van der Waals surface area contributed by atoms with Gasteiger partial charge in [-0.25, -0.2) is 29.7 Å². The van der Waals surface area contributed by atoms with E-state index in [9.17, 15) is 4.79 Å². The molecule has 0 spiro atoms. The number of pyridine rings is 5. The van der Waals surface area contributed by atoms with Gasteiger partial charge in [0, 0.05) is 33.5 Å². The predicted octanol–water partition coefficient (Wildman–Crippen LogP) is 12.2. The third-order valence-corrected chi connectivity index (χ3v) is 9.02. The van der Waals surface area contributed by atoms with Gasteiger partial charge in [0.05, 0.1) is 12.7 Å². The Balaban J connectivity index is 0. The van der Waals surface area contributed by atoms with E-state index in [0.717, 1.165) is 40.8 Å². The number of nitrogen functional groups attached to an aromatic ring is 1. The molecule has 58 heavy (non-hydrogen) atoms. The van der Waals surface area contributed by atoms with Crippen molar-refractivity contribution < 1.29 is 16.1 Å². The van der Waals surface area contributed by atoms with Crippen molar-refractivity contribution in [3.63, 3.8) is 0 Å². The van der Waals surface area contributed by atoms with E-state index >= 15 is 0 Å². The quantitative estimate of drug-likeness (QED) is 0.113. The van der Waals surface area contributed by atoms with E-state index in [2.05, 4.69) is 43.2 Å². The fourth-order valence-electron chi connectivity index (χ4n) is 3.97. The first-order chi connectivity index (χ1) is 26.4. The number of nitrogens with zero attached hydrogens (tertiary/aromatic N) is 5. The van der Waals surface area contributed by atoms with Gasteiger partial charge in [-0.15, -0.1) is 0 Å². The molecule has 6 rings (SSSR count). The first kappa shape index (κ1) is 53.4. The molecule has 4 N–H and O–H groups in total. The van der Waals surface area contributed by atoms with Crippen molar-refractivity contribution in [2.45, 2.75) is 62.4 Å². The number of carbonyl (C=O) groups is 1. The van der Waals surface area contributed by atoms with Crippen LogP contribution in [0, 0.1) is 48.5 Å². The first-order valence-corrected chi connectivity index (χ1v) is 18.7. The molecule has 1 aromatic carbocycles. The van der Waals surface area contributed by atoms with Crippen LogP contribution in [0.4, 0.5) is 11.6 Å². The Kier molecular flexibility index (Phi) is 24.9. The summed E-state index contributed by atoms with van der Waals surface area (Å²) in [5.74, 6) is 1.27. The maximum absolute atomic E-state index is 10.4. The Labute approximate surface area is 370 Å². The van der Waals surface area contributed by atoms with Gasteiger partial charge in [0.25, 0.3) is 0 Å². The van der Waals surface area contributed by atoms with E-state index in [1.165, 1.54) is 34.4 Å². The van der Waals surface area contributed by atoms with Crippen LogP contribution in [0.2, 0.25) is 25.8 Å². The smallest absolute Gasteiger partial charge is 0.338 e. The van der Waals surface area contributed by atoms with Crippen LogP contribution in [0.3, 0.4) is 0 Å². The number of carboxylic acids is 1. The maximum atomic E-state index is 10.4. The summed E-state index contributed by atoms with van der Waals surface area (Å²) >= 11 is 27.6. The summed E-state index contributed by atoms with van der Waals surface area (Å²) in [7, 11) is 1.67. The highest BCUT2D eigenvalue weighted by atomic mass is 35.5. The lowest BCUT2D eigenvalue weighted by Gasteiger charge is -2.08. The topological polar surface area (TPSA) is 149 Å². The molecule has 0 atom stereocenters. The largest absolute Gasteiger partial charge is 0.497 e. The monoisotopic (exact) mass is 887 g/mol. The molecular weight excluding hydrogens is 839 g/mol. The minimum Gasteiger partial charge on any atom is -0.497 e. The number of nitrogens with one attached hydrogen (secondary N) is 1. The highest BCUT2D eigenvalue weighted by molar-refractivity contribution is 6.34. The van der Waals surface area contributed by atoms with Gasteiger partial charge in [-0.3, -0.25) is 0 Å². The number of hydrogen-bond donors (Lipinski definition) is 3. The minimum absolute atomic E-state index is 0. The van der Waals surface area contributed by atoms with Gasteiger partial charge < -0.3 is 20.9 Å². The number of carboxylic acid groups (broad SMARTS) is 1. The van der Waals surface area contributed by atoms with Crippen LogP contribution >= 0.6 is 58.0 Å². The molecule has 5 aromatic heterocycles. The molecule has 16 heteroatoms. The molecule has 10 nitrogen and oxygen atoms in total. The van der Waals surface area contributed by atoms with Crippen molar-refractivity contribution in [2.75, 3.05) is 18.2 Å². The second kappa shape index (κ2) is 27.1. The van der Waals surface area contributed by atoms with E-state index in [4.69, 9.17) is 73.6 Å². The summed E-state index contributed by atoms with van der Waals surface area (Å²) in [6.45, 7) is 14.7. The lowest BCUT2D eigenvalue weighted by molar-refractivity contribution is 0.0696. The molecule has 0 saturated carbocycles. The van der Waals surface area contributed by atoms with Gasteiger partial charge in [-0.05, 0) is 125 Å². The van der Waals surface area contributed by atoms with Crippen LogP contribution in [0.15, 0.2) is 84.9 Å².